The van der Waals surface area contributed by atoms with Crippen molar-refractivity contribution in [3.05, 3.63) is 65.6 Å². The lowest BCUT2D eigenvalue weighted by Gasteiger charge is -2.10. The molecule has 4 aromatic rings. The van der Waals surface area contributed by atoms with Gasteiger partial charge in [0.25, 0.3) is 5.88 Å². The second-order valence-electron chi connectivity index (χ2n) is 6.27. The number of methoxy groups -OCH3 is 1. The molecule has 0 fully saturated rings. The van der Waals surface area contributed by atoms with Crippen molar-refractivity contribution in [3.63, 3.8) is 0 Å². The number of anilines is 1. The van der Waals surface area contributed by atoms with Gasteiger partial charge in [0, 0.05) is 29.1 Å². The summed E-state index contributed by atoms with van der Waals surface area (Å²) in [6.07, 6.45) is 1.68. The van der Waals surface area contributed by atoms with Crippen LogP contribution in [0.3, 0.4) is 0 Å². The number of ether oxygens (including phenoxy) is 1. The van der Waals surface area contributed by atoms with Crippen molar-refractivity contribution < 1.29 is 13.9 Å². The second kappa shape index (κ2) is 7.55. The molecule has 0 spiro atoms. The van der Waals surface area contributed by atoms with Gasteiger partial charge in [0.15, 0.2) is 5.82 Å². The molecule has 2 aromatic heterocycles. The fraction of sp³-hybridized carbons (Fsp3) is 0.100. The van der Waals surface area contributed by atoms with Crippen molar-refractivity contribution in [2.75, 3.05) is 12.4 Å². The SMILES string of the molecule is COc1nnc(-c2[nH]cc3c(C(N)=O)cccc23)nc1NCc1cccc(F)c1. The van der Waals surface area contributed by atoms with Gasteiger partial charge in [0.2, 0.25) is 11.7 Å². The van der Waals surface area contributed by atoms with Crippen LogP contribution in [0, 0.1) is 5.82 Å². The molecule has 2 aromatic carbocycles. The number of carbonyl (C=O) groups is 1. The highest BCUT2D eigenvalue weighted by molar-refractivity contribution is 6.09. The zero-order chi connectivity index (χ0) is 20.4. The number of benzene rings is 2. The molecule has 29 heavy (non-hydrogen) atoms. The zero-order valence-corrected chi connectivity index (χ0v) is 15.4. The van der Waals surface area contributed by atoms with Gasteiger partial charge in [-0.05, 0) is 23.8 Å². The maximum absolute atomic E-state index is 13.4. The second-order valence-corrected chi connectivity index (χ2v) is 6.27. The summed E-state index contributed by atoms with van der Waals surface area (Å²) in [5.41, 5.74) is 7.17. The number of nitrogens with zero attached hydrogens (tertiary/aromatic N) is 3. The predicted molar refractivity (Wildman–Crippen MR) is 106 cm³/mol. The van der Waals surface area contributed by atoms with Crippen LogP contribution in [-0.4, -0.2) is 33.2 Å². The number of fused-ring (bicyclic) bond motifs is 1. The van der Waals surface area contributed by atoms with E-state index < -0.39 is 5.91 Å². The van der Waals surface area contributed by atoms with E-state index in [1.165, 1.54) is 19.2 Å². The molecule has 0 aliphatic heterocycles. The predicted octanol–water partition coefficient (Wildman–Crippen LogP) is 2.88. The Labute approximate surface area is 164 Å². The largest absolute Gasteiger partial charge is 0.477 e. The van der Waals surface area contributed by atoms with E-state index in [2.05, 4.69) is 25.5 Å². The fourth-order valence-electron chi connectivity index (χ4n) is 3.07. The lowest BCUT2D eigenvalue weighted by Crippen LogP contribution is -2.10. The first-order chi connectivity index (χ1) is 14.1. The van der Waals surface area contributed by atoms with E-state index in [0.717, 1.165) is 10.9 Å². The maximum atomic E-state index is 13.4. The Morgan fingerprint density at radius 3 is 2.79 bits per heavy atom. The number of carbonyl (C=O) groups excluding carboxylic acids is 1. The number of halogens is 1. The number of nitrogens with one attached hydrogen (secondary N) is 2. The average Bonchev–Trinajstić information content (AvgIpc) is 3.16. The van der Waals surface area contributed by atoms with Crippen LogP contribution in [0.15, 0.2) is 48.7 Å². The van der Waals surface area contributed by atoms with Gasteiger partial charge in [-0.25, -0.2) is 9.37 Å². The number of nitrogens with two attached hydrogens (primary N) is 1. The minimum absolute atomic E-state index is 0.207. The maximum Gasteiger partial charge on any atom is 0.276 e. The van der Waals surface area contributed by atoms with E-state index in [-0.39, 0.29) is 11.7 Å². The summed E-state index contributed by atoms with van der Waals surface area (Å²) in [6.45, 7) is 0.323. The molecule has 0 atom stereocenters. The normalized spacial score (nSPS) is 10.8. The van der Waals surface area contributed by atoms with Crippen molar-refractivity contribution in [2.45, 2.75) is 6.54 Å². The molecule has 8 nitrogen and oxygen atoms in total. The van der Waals surface area contributed by atoms with Gasteiger partial charge in [0.1, 0.15) is 5.82 Å². The highest BCUT2D eigenvalue weighted by Gasteiger charge is 2.17. The standard InChI is InChI=1S/C20H17FN6O2/c1-29-20-19(24-9-11-4-2-5-12(21)8-11)25-18(26-27-20)16-13-6-3-7-14(17(22)28)15(13)10-23-16/h2-8,10,23H,9H2,1H3,(H2,22,28)(H,24,25,26). The Kier molecular flexibility index (Phi) is 4.78. The summed E-state index contributed by atoms with van der Waals surface area (Å²) in [7, 11) is 1.46. The first-order valence-corrected chi connectivity index (χ1v) is 8.74. The first-order valence-electron chi connectivity index (χ1n) is 8.74. The molecule has 4 rings (SSSR count). The van der Waals surface area contributed by atoms with Crippen molar-refractivity contribution in [2.24, 2.45) is 5.73 Å². The first kappa shape index (κ1) is 18.4. The van der Waals surface area contributed by atoms with Crippen LogP contribution in [0.1, 0.15) is 15.9 Å². The van der Waals surface area contributed by atoms with Gasteiger partial charge in [-0.1, -0.05) is 24.3 Å². The van der Waals surface area contributed by atoms with Gasteiger partial charge in [-0.3, -0.25) is 4.79 Å². The summed E-state index contributed by atoms with van der Waals surface area (Å²) in [5.74, 6) is 0.0341. The monoisotopic (exact) mass is 392 g/mol. The molecule has 1 amide bonds. The molecule has 4 N–H and O–H groups in total. The van der Waals surface area contributed by atoms with E-state index in [9.17, 15) is 9.18 Å². The fourth-order valence-corrected chi connectivity index (χ4v) is 3.07. The number of aromatic nitrogens is 4. The molecule has 2 heterocycles. The Bertz CT molecular complexity index is 1210. The summed E-state index contributed by atoms with van der Waals surface area (Å²) in [5, 5.41) is 12.7. The number of primary amides is 1. The molecule has 0 bridgehead atoms. The topological polar surface area (TPSA) is 119 Å². The summed E-state index contributed by atoms with van der Waals surface area (Å²) in [4.78, 5) is 19.2. The lowest BCUT2D eigenvalue weighted by atomic mass is 10.1. The van der Waals surface area contributed by atoms with Crippen LogP contribution in [0.5, 0.6) is 5.88 Å². The van der Waals surface area contributed by atoms with Crippen molar-refractivity contribution in [3.8, 4) is 17.4 Å². The molecular formula is C20H17FN6O2. The van der Waals surface area contributed by atoms with E-state index in [1.807, 2.05) is 6.07 Å². The van der Waals surface area contributed by atoms with Crippen LogP contribution in [0.4, 0.5) is 10.2 Å². The molecule has 9 heteroatoms. The number of amides is 1. The molecular weight excluding hydrogens is 375 g/mol. The van der Waals surface area contributed by atoms with Crippen LogP contribution in [0.2, 0.25) is 0 Å². The van der Waals surface area contributed by atoms with Crippen LogP contribution in [-0.2, 0) is 6.54 Å². The Hall–Kier alpha value is -4.01. The third-order valence-electron chi connectivity index (χ3n) is 4.42. The van der Waals surface area contributed by atoms with Gasteiger partial charge < -0.3 is 20.8 Å². The van der Waals surface area contributed by atoms with E-state index >= 15 is 0 Å². The number of H-pyrrole nitrogens is 1. The smallest absolute Gasteiger partial charge is 0.276 e. The number of rotatable bonds is 6. The zero-order valence-electron chi connectivity index (χ0n) is 15.4. The van der Waals surface area contributed by atoms with Crippen LogP contribution in [0.25, 0.3) is 22.3 Å². The van der Waals surface area contributed by atoms with Crippen molar-refractivity contribution >= 4 is 22.5 Å². The van der Waals surface area contributed by atoms with E-state index in [1.54, 1.807) is 30.5 Å². The third-order valence-corrected chi connectivity index (χ3v) is 4.42. The van der Waals surface area contributed by atoms with E-state index in [0.29, 0.717) is 34.8 Å². The summed E-state index contributed by atoms with van der Waals surface area (Å²) < 4.78 is 18.6. The highest BCUT2D eigenvalue weighted by atomic mass is 19.1. The molecule has 0 radical (unpaired) electrons. The van der Waals surface area contributed by atoms with Gasteiger partial charge in [-0.2, -0.15) is 0 Å². The van der Waals surface area contributed by atoms with Gasteiger partial charge in [0.05, 0.1) is 12.8 Å². The molecule has 0 saturated heterocycles. The van der Waals surface area contributed by atoms with Gasteiger partial charge >= 0.3 is 0 Å². The number of hydrogen-bond donors (Lipinski definition) is 3. The quantitative estimate of drug-likeness (QED) is 0.464. The highest BCUT2D eigenvalue weighted by Crippen LogP contribution is 2.29. The average molecular weight is 392 g/mol. The minimum atomic E-state index is -0.521. The third kappa shape index (κ3) is 3.57. The summed E-state index contributed by atoms with van der Waals surface area (Å²) >= 11 is 0. The lowest BCUT2D eigenvalue weighted by molar-refractivity contribution is 0.100. The number of aromatic amines is 1. The summed E-state index contributed by atoms with van der Waals surface area (Å²) in [6, 6.07) is 11.5. The molecule has 0 aliphatic rings. The van der Waals surface area contributed by atoms with Gasteiger partial charge in [-0.15, -0.1) is 10.2 Å². The minimum Gasteiger partial charge on any atom is -0.477 e. The molecule has 0 aliphatic carbocycles. The van der Waals surface area contributed by atoms with Crippen LogP contribution >= 0.6 is 0 Å². The van der Waals surface area contributed by atoms with Crippen molar-refractivity contribution in [1.29, 1.82) is 0 Å². The van der Waals surface area contributed by atoms with Crippen LogP contribution < -0.4 is 15.8 Å². The Balaban J connectivity index is 1.70. The Morgan fingerprint density at radius 2 is 2.03 bits per heavy atom. The molecule has 0 unspecified atom stereocenters. The Morgan fingerprint density at radius 1 is 1.21 bits per heavy atom. The molecule has 0 saturated carbocycles. The molecule has 146 valence electrons. The van der Waals surface area contributed by atoms with Crippen molar-refractivity contribution in [1.82, 2.24) is 20.2 Å². The number of hydrogen-bond acceptors (Lipinski definition) is 6. The van der Waals surface area contributed by atoms with E-state index in [4.69, 9.17) is 10.5 Å².